The number of benzene rings is 7. The summed E-state index contributed by atoms with van der Waals surface area (Å²) in [7, 11) is 0. The van der Waals surface area contributed by atoms with Crippen LogP contribution < -0.4 is 0 Å². The highest BCUT2D eigenvalue weighted by molar-refractivity contribution is 6.39. The summed E-state index contributed by atoms with van der Waals surface area (Å²) in [6.45, 7) is 0. The zero-order valence-electron chi connectivity index (χ0n) is 26.1. The van der Waals surface area contributed by atoms with E-state index in [2.05, 4.69) is 112 Å². The first-order chi connectivity index (χ1) is 24.2. The van der Waals surface area contributed by atoms with Crippen LogP contribution in [0.25, 0.3) is 88.1 Å². The molecule has 0 radical (unpaired) electrons. The van der Waals surface area contributed by atoms with Gasteiger partial charge >= 0.3 is 0 Å². The Morgan fingerprint density at radius 3 is 1.82 bits per heavy atom. The average Bonchev–Trinajstić information content (AvgIpc) is 3.83. The Morgan fingerprint density at radius 2 is 1.08 bits per heavy atom. The molecule has 0 aliphatic heterocycles. The number of rotatable bonds is 3. The molecule has 0 unspecified atom stereocenters. The van der Waals surface area contributed by atoms with Gasteiger partial charge in [0.1, 0.15) is 17.2 Å². The predicted molar refractivity (Wildman–Crippen MR) is 197 cm³/mol. The Labute approximate surface area is 280 Å². The van der Waals surface area contributed by atoms with Crippen molar-refractivity contribution in [1.82, 2.24) is 9.13 Å². The summed E-state index contributed by atoms with van der Waals surface area (Å²) < 4.78 is 11.5. The summed E-state index contributed by atoms with van der Waals surface area (Å²) in [4.78, 5) is 0. The maximum atomic E-state index is 10.7. The summed E-state index contributed by atoms with van der Waals surface area (Å²) in [5, 5.41) is 26.4. The maximum absolute atomic E-state index is 10.7. The molecule has 49 heavy (non-hydrogen) atoms. The lowest BCUT2D eigenvalue weighted by Crippen LogP contribution is -1.99. The molecule has 3 heterocycles. The first kappa shape index (κ1) is 27.1. The van der Waals surface area contributed by atoms with Gasteiger partial charge in [-0.1, -0.05) is 91.0 Å². The summed E-state index contributed by atoms with van der Waals surface area (Å²) >= 11 is 0. The molecular formula is C44H24N4O. The molecule has 0 spiro atoms. The highest BCUT2D eigenvalue weighted by atomic mass is 16.3. The van der Waals surface area contributed by atoms with Gasteiger partial charge in [-0.05, 0) is 65.7 Å². The Kier molecular flexibility index (Phi) is 5.64. The van der Waals surface area contributed by atoms with Gasteiger partial charge in [0.25, 0.3) is 0 Å². The summed E-state index contributed by atoms with van der Waals surface area (Å²) in [5.41, 5.74) is 10.7. The Hall–Kier alpha value is -7.08. The molecule has 0 aliphatic carbocycles. The van der Waals surface area contributed by atoms with Gasteiger partial charge in [-0.25, -0.2) is 0 Å². The number of para-hydroxylation sites is 4. The molecular weight excluding hydrogens is 601 g/mol. The minimum Gasteiger partial charge on any atom is -0.455 e. The number of fused-ring (bicyclic) bond motifs is 12. The van der Waals surface area contributed by atoms with Crippen LogP contribution in [0.4, 0.5) is 0 Å². The number of aromatic nitrogens is 2. The fraction of sp³-hybridized carbons (Fsp3) is 0. The van der Waals surface area contributed by atoms with Crippen molar-refractivity contribution < 1.29 is 4.42 Å². The quantitative estimate of drug-likeness (QED) is 0.196. The molecule has 0 bridgehead atoms. The van der Waals surface area contributed by atoms with Crippen molar-refractivity contribution in [2.45, 2.75) is 0 Å². The standard InChI is InChI=1S/C44H24N4O/c45-25-27-18-20-28(21-19-27)29-22-23-35(30(24-29)26-46)48-37-16-8-4-12-32(37)39-42-40(44-41(43(39)48)34-14-6-9-17-38(34)49-44)33-13-5-7-15-36(33)47(42)31-10-2-1-3-11-31/h1-24H. The number of nitrogens with zero attached hydrogens (tertiary/aromatic N) is 4. The van der Waals surface area contributed by atoms with E-state index >= 15 is 0 Å². The van der Waals surface area contributed by atoms with Crippen LogP contribution in [0.15, 0.2) is 150 Å². The van der Waals surface area contributed by atoms with Crippen molar-refractivity contribution in [3.05, 3.63) is 157 Å². The number of hydrogen-bond donors (Lipinski definition) is 0. The van der Waals surface area contributed by atoms with Gasteiger partial charge in [0, 0.05) is 27.2 Å². The first-order valence-electron chi connectivity index (χ1n) is 16.1. The molecule has 0 amide bonds. The average molecular weight is 625 g/mol. The van der Waals surface area contributed by atoms with Crippen molar-refractivity contribution in [2.75, 3.05) is 0 Å². The number of furan rings is 1. The molecule has 226 valence electrons. The fourth-order valence-corrected chi connectivity index (χ4v) is 7.71. The summed E-state index contributed by atoms with van der Waals surface area (Å²) in [5.74, 6) is 0. The molecule has 5 heteroatoms. The van der Waals surface area contributed by atoms with E-state index in [4.69, 9.17) is 4.42 Å². The third-order valence-corrected chi connectivity index (χ3v) is 9.77. The molecule has 0 N–H and O–H groups in total. The molecule has 5 nitrogen and oxygen atoms in total. The van der Waals surface area contributed by atoms with Crippen molar-refractivity contribution in [3.63, 3.8) is 0 Å². The van der Waals surface area contributed by atoms with E-state index in [9.17, 15) is 10.5 Å². The van der Waals surface area contributed by atoms with Gasteiger partial charge < -0.3 is 13.6 Å². The second-order valence-corrected chi connectivity index (χ2v) is 12.3. The second kappa shape index (κ2) is 10.2. The molecule has 0 saturated carbocycles. The van der Waals surface area contributed by atoms with E-state index in [-0.39, 0.29) is 0 Å². The third-order valence-electron chi connectivity index (χ3n) is 9.77. The lowest BCUT2D eigenvalue weighted by molar-refractivity contribution is 0.673. The second-order valence-electron chi connectivity index (χ2n) is 12.3. The van der Waals surface area contributed by atoms with Crippen LogP contribution in [0.5, 0.6) is 0 Å². The van der Waals surface area contributed by atoms with Gasteiger partial charge in [-0.3, -0.25) is 0 Å². The number of hydrogen-bond acceptors (Lipinski definition) is 3. The molecule has 0 atom stereocenters. The van der Waals surface area contributed by atoms with Gasteiger partial charge in [0.2, 0.25) is 0 Å². The fourth-order valence-electron chi connectivity index (χ4n) is 7.71. The van der Waals surface area contributed by atoms with Crippen LogP contribution in [0.1, 0.15) is 11.1 Å². The van der Waals surface area contributed by atoms with Crippen LogP contribution in [-0.4, -0.2) is 9.13 Å². The molecule has 0 fully saturated rings. The van der Waals surface area contributed by atoms with Gasteiger partial charge in [0.15, 0.2) is 0 Å². The van der Waals surface area contributed by atoms with Crippen LogP contribution in [0.2, 0.25) is 0 Å². The SMILES string of the molecule is N#Cc1ccc(-c2ccc(-n3c4ccccc4c4c5c(c6ccccc6n5-c5ccccc5)c5oc6ccccc6c5c43)c(C#N)c2)cc1. The van der Waals surface area contributed by atoms with Gasteiger partial charge in [0.05, 0.1) is 55.7 Å². The third kappa shape index (κ3) is 3.73. The molecule has 0 aliphatic rings. The highest BCUT2D eigenvalue weighted by Crippen LogP contribution is 2.49. The maximum Gasteiger partial charge on any atom is 0.147 e. The molecule has 3 aromatic heterocycles. The van der Waals surface area contributed by atoms with E-state index in [0.29, 0.717) is 11.1 Å². The van der Waals surface area contributed by atoms with Crippen molar-refractivity contribution >= 4 is 65.6 Å². The lowest BCUT2D eigenvalue weighted by Gasteiger charge is -2.13. The highest BCUT2D eigenvalue weighted by Gasteiger charge is 2.28. The number of nitriles is 2. The molecule has 7 aromatic carbocycles. The normalized spacial score (nSPS) is 11.6. The van der Waals surface area contributed by atoms with E-state index in [0.717, 1.165) is 88.1 Å². The first-order valence-corrected chi connectivity index (χ1v) is 16.1. The van der Waals surface area contributed by atoms with Crippen LogP contribution in [-0.2, 0) is 0 Å². The molecule has 10 rings (SSSR count). The minimum absolute atomic E-state index is 0.550. The Bertz CT molecular complexity index is 3050. The van der Waals surface area contributed by atoms with Gasteiger partial charge in [-0.2, -0.15) is 10.5 Å². The zero-order valence-corrected chi connectivity index (χ0v) is 26.1. The van der Waals surface area contributed by atoms with E-state index in [1.165, 1.54) is 0 Å². The lowest BCUT2D eigenvalue weighted by atomic mass is 10.0. The van der Waals surface area contributed by atoms with Crippen LogP contribution in [0, 0.1) is 22.7 Å². The summed E-state index contributed by atoms with van der Waals surface area (Å²) in [6.07, 6.45) is 0. The smallest absolute Gasteiger partial charge is 0.147 e. The summed E-state index contributed by atoms with van der Waals surface area (Å²) in [6, 6.07) is 53.9. The van der Waals surface area contributed by atoms with Crippen molar-refractivity contribution in [1.29, 1.82) is 10.5 Å². The molecule has 10 aromatic rings. The van der Waals surface area contributed by atoms with Gasteiger partial charge in [-0.15, -0.1) is 0 Å². The van der Waals surface area contributed by atoms with E-state index in [1.54, 1.807) is 12.1 Å². The topological polar surface area (TPSA) is 70.6 Å². The van der Waals surface area contributed by atoms with E-state index in [1.807, 2.05) is 42.5 Å². The monoisotopic (exact) mass is 624 g/mol. The Morgan fingerprint density at radius 1 is 0.490 bits per heavy atom. The van der Waals surface area contributed by atoms with Crippen LogP contribution >= 0.6 is 0 Å². The van der Waals surface area contributed by atoms with Crippen LogP contribution in [0.3, 0.4) is 0 Å². The van der Waals surface area contributed by atoms with E-state index < -0.39 is 0 Å². The Balaban J connectivity index is 1.44. The van der Waals surface area contributed by atoms with Crippen molar-refractivity contribution in [2.24, 2.45) is 0 Å². The largest absolute Gasteiger partial charge is 0.455 e. The zero-order chi connectivity index (χ0) is 32.6. The predicted octanol–water partition coefficient (Wildman–Crippen LogP) is 11.2. The molecule has 0 saturated heterocycles. The van der Waals surface area contributed by atoms with Crippen molar-refractivity contribution in [3.8, 4) is 34.6 Å². The minimum atomic E-state index is 0.550.